The summed E-state index contributed by atoms with van der Waals surface area (Å²) in [7, 11) is -2.53. The summed E-state index contributed by atoms with van der Waals surface area (Å²) >= 11 is 0. The molecule has 0 unspecified atom stereocenters. The molecular formula is C16H29NSi2. The molecule has 3 heteroatoms. The van der Waals surface area contributed by atoms with Crippen molar-refractivity contribution in [3.63, 3.8) is 0 Å². The van der Waals surface area contributed by atoms with E-state index in [1.165, 1.54) is 11.1 Å². The maximum absolute atomic E-state index is 4.00. The fraction of sp³-hybridized carbons (Fsp3) is 0.500. The molecular weight excluding hydrogens is 262 g/mol. The number of benzene rings is 1. The van der Waals surface area contributed by atoms with Gasteiger partial charge in [-0.25, -0.2) is 0 Å². The van der Waals surface area contributed by atoms with Gasteiger partial charge in [-0.05, 0) is 18.1 Å². The molecule has 19 heavy (non-hydrogen) atoms. The molecule has 0 radical (unpaired) electrons. The van der Waals surface area contributed by atoms with Gasteiger partial charge in [-0.3, -0.25) is 0 Å². The van der Waals surface area contributed by atoms with Crippen molar-refractivity contribution in [2.45, 2.75) is 52.8 Å². The van der Waals surface area contributed by atoms with Gasteiger partial charge < -0.3 is 4.23 Å². The summed E-state index contributed by atoms with van der Waals surface area (Å²) in [5, 5.41) is 0. The molecule has 0 spiro atoms. The summed E-state index contributed by atoms with van der Waals surface area (Å²) in [4.78, 5) is 0. The van der Waals surface area contributed by atoms with E-state index in [0.29, 0.717) is 0 Å². The fourth-order valence-electron chi connectivity index (χ4n) is 2.56. The Morgan fingerprint density at radius 1 is 0.947 bits per heavy atom. The SMILES string of the molecule is C=C(C)c1ccc(CN([Si](C)(C)C)[Si](C)(C)C)cc1. The number of hydrogen-bond donors (Lipinski definition) is 0. The molecule has 0 atom stereocenters. The Kier molecular flexibility index (Phi) is 4.99. The molecule has 0 saturated carbocycles. The van der Waals surface area contributed by atoms with Crippen LogP contribution in [0.3, 0.4) is 0 Å². The first kappa shape index (κ1) is 16.4. The minimum Gasteiger partial charge on any atom is -0.342 e. The average molecular weight is 292 g/mol. The molecule has 0 aliphatic rings. The highest BCUT2D eigenvalue weighted by Gasteiger charge is 2.33. The topological polar surface area (TPSA) is 3.24 Å². The van der Waals surface area contributed by atoms with E-state index in [2.05, 4.69) is 81.3 Å². The summed E-state index contributed by atoms with van der Waals surface area (Å²) in [5.74, 6) is 0. The van der Waals surface area contributed by atoms with Crippen molar-refractivity contribution in [1.29, 1.82) is 0 Å². The summed E-state index contributed by atoms with van der Waals surface area (Å²) in [6.45, 7) is 21.9. The van der Waals surface area contributed by atoms with Crippen LogP contribution in [0.4, 0.5) is 0 Å². The number of allylic oxidation sites excluding steroid dienone is 1. The van der Waals surface area contributed by atoms with E-state index in [1.807, 2.05) is 0 Å². The van der Waals surface area contributed by atoms with E-state index in [4.69, 9.17) is 0 Å². The molecule has 0 bridgehead atoms. The standard InChI is InChI=1S/C16H29NSi2/c1-14(2)16-11-9-15(10-12-16)13-17(18(3,4)5)19(6,7)8/h9-12H,1,13H2,2-8H3. The van der Waals surface area contributed by atoms with E-state index in [0.717, 1.165) is 12.1 Å². The van der Waals surface area contributed by atoms with Gasteiger partial charge in [0.25, 0.3) is 0 Å². The van der Waals surface area contributed by atoms with Crippen LogP contribution in [0, 0.1) is 0 Å². The summed E-state index contributed by atoms with van der Waals surface area (Å²) in [5.41, 5.74) is 3.81. The zero-order valence-corrected chi connectivity index (χ0v) is 15.7. The van der Waals surface area contributed by atoms with Crippen LogP contribution in [-0.4, -0.2) is 20.7 Å². The lowest BCUT2D eigenvalue weighted by atomic mass is 10.1. The minimum atomic E-state index is -1.26. The highest BCUT2D eigenvalue weighted by molar-refractivity contribution is 6.89. The smallest absolute Gasteiger partial charge is 0.112 e. The second kappa shape index (κ2) is 5.77. The first-order valence-corrected chi connectivity index (χ1v) is 13.9. The van der Waals surface area contributed by atoms with Crippen LogP contribution in [0.15, 0.2) is 30.8 Å². The Morgan fingerprint density at radius 2 is 1.37 bits per heavy atom. The van der Waals surface area contributed by atoms with Crippen molar-refractivity contribution in [3.8, 4) is 0 Å². The van der Waals surface area contributed by atoms with Crippen molar-refractivity contribution in [3.05, 3.63) is 42.0 Å². The third-order valence-electron chi connectivity index (χ3n) is 3.41. The summed E-state index contributed by atoms with van der Waals surface area (Å²) in [6.07, 6.45) is 0. The lowest BCUT2D eigenvalue weighted by molar-refractivity contribution is 0.612. The zero-order valence-electron chi connectivity index (χ0n) is 13.7. The second-order valence-electron chi connectivity index (χ2n) is 7.41. The van der Waals surface area contributed by atoms with Gasteiger partial charge in [-0.1, -0.05) is 75.7 Å². The van der Waals surface area contributed by atoms with Crippen molar-refractivity contribution in [2.24, 2.45) is 0 Å². The molecule has 1 aromatic rings. The van der Waals surface area contributed by atoms with E-state index >= 15 is 0 Å². The largest absolute Gasteiger partial charge is 0.342 e. The van der Waals surface area contributed by atoms with Gasteiger partial charge in [0, 0.05) is 6.54 Å². The maximum Gasteiger partial charge on any atom is 0.112 e. The van der Waals surface area contributed by atoms with Gasteiger partial charge in [-0.15, -0.1) is 0 Å². The molecule has 0 saturated heterocycles. The van der Waals surface area contributed by atoms with Crippen LogP contribution in [0.25, 0.3) is 5.57 Å². The van der Waals surface area contributed by atoms with Crippen molar-refractivity contribution in [1.82, 2.24) is 4.23 Å². The molecule has 0 amide bonds. The van der Waals surface area contributed by atoms with Crippen LogP contribution >= 0.6 is 0 Å². The lowest BCUT2D eigenvalue weighted by Crippen LogP contribution is -2.58. The molecule has 0 aromatic heterocycles. The predicted octanol–water partition coefficient (Wildman–Crippen LogP) is 5.19. The Balaban J connectivity index is 2.95. The zero-order chi connectivity index (χ0) is 14.8. The molecule has 1 aromatic carbocycles. The normalized spacial score (nSPS) is 12.8. The average Bonchev–Trinajstić information content (AvgIpc) is 2.23. The lowest BCUT2D eigenvalue weighted by Gasteiger charge is -2.43. The molecule has 106 valence electrons. The van der Waals surface area contributed by atoms with Gasteiger partial charge in [-0.2, -0.15) is 0 Å². The quantitative estimate of drug-likeness (QED) is 0.675. The molecule has 0 heterocycles. The van der Waals surface area contributed by atoms with Crippen LogP contribution in [0.5, 0.6) is 0 Å². The highest BCUT2D eigenvalue weighted by Crippen LogP contribution is 2.23. The minimum absolute atomic E-state index is 1.10. The van der Waals surface area contributed by atoms with Crippen LogP contribution in [-0.2, 0) is 6.54 Å². The molecule has 0 aliphatic carbocycles. The Bertz CT molecular complexity index is 421. The summed E-state index contributed by atoms with van der Waals surface area (Å²) in [6, 6.07) is 8.92. The van der Waals surface area contributed by atoms with Gasteiger partial charge >= 0.3 is 0 Å². The van der Waals surface area contributed by atoms with Crippen molar-refractivity contribution < 1.29 is 0 Å². The fourth-order valence-corrected chi connectivity index (χ4v) is 11.9. The number of rotatable bonds is 5. The molecule has 1 nitrogen and oxygen atoms in total. The van der Waals surface area contributed by atoms with Crippen LogP contribution in [0.2, 0.25) is 39.3 Å². The van der Waals surface area contributed by atoms with Gasteiger partial charge in [0.1, 0.15) is 16.5 Å². The maximum atomic E-state index is 4.00. The van der Waals surface area contributed by atoms with Crippen LogP contribution < -0.4 is 0 Å². The second-order valence-corrected chi connectivity index (χ2v) is 17.6. The van der Waals surface area contributed by atoms with Gasteiger partial charge in [0.05, 0.1) is 0 Å². The Morgan fingerprint density at radius 3 is 1.68 bits per heavy atom. The van der Waals surface area contributed by atoms with Crippen molar-refractivity contribution in [2.75, 3.05) is 0 Å². The van der Waals surface area contributed by atoms with Crippen LogP contribution in [0.1, 0.15) is 18.1 Å². The number of nitrogens with zero attached hydrogens (tertiary/aromatic N) is 1. The Hall–Kier alpha value is -0.646. The Labute approximate surface area is 121 Å². The first-order chi connectivity index (χ1) is 8.51. The summed E-state index contributed by atoms with van der Waals surface area (Å²) < 4.78 is 2.82. The third-order valence-corrected chi connectivity index (χ3v) is 11.0. The first-order valence-electron chi connectivity index (χ1n) is 7.04. The van der Waals surface area contributed by atoms with Gasteiger partial charge in [0.2, 0.25) is 0 Å². The molecule has 1 rings (SSSR count). The molecule has 0 N–H and O–H groups in total. The van der Waals surface area contributed by atoms with E-state index < -0.39 is 16.5 Å². The van der Waals surface area contributed by atoms with E-state index in [1.54, 1.807) is 0 Å². The van der Waals surface area contributed by atoms with Gasteiger partial charge in [0.15, 0.2) is 0 Å². The van der Waals surface area contributed by atoms with Crippen molar-refractivity contribution >= 4 is 22.0 Å². The number of hydrogen-bond acceptors (Lipinski definition) is 1. The molecule has 0 fully saturated rings. The third kappa shape index (κ3) is 4.75. The highest BCUT2D eigenvalue weighted by atomic mass is 28.4. The molecule has 0 aliphatic heterocycles. The predicted molar refractivity (Wildman–Crippen MR) is 93.4 cm³/mol. The van der Waals surface area contributed by atoms with E-state index in [9.17, 15) is 0 Å². The van der Waals surface area contributed by atoms with E-state index in [-0.39, 0.29) is 0 Å². The monoisotopic (exact) mass is 291 g/mol.